The van der Waals surface area contributed by atoms with Crippen LogP contribution in [0.15, 0.2) is 18.2 Å². The van der Waals surface area contributed by atoms with Gasteiger partial charge in [-0.3, -0.25) is 14.8 Å². The first-order valence-electron chi connectivity index (χ1n) is 9.18. The van der Waals surface area contributed by atoms with Crippen LogP contribution in [0.5, 0.6) is 0 Å². The number of aryl methyl sites for hydroxylation is 1. The molecule has 4 rings (SSSR count). The number of nitrogens with zero attached hydrogens (tertiary/aromatic N) is 2. The van der Waals surface area contributed by atoms with E-state index in [-0.39, 0.29) is 18.3 Å². The third-order valence-electron chi connectivity index (χ3n) is 5.08. The largest absolute Gasteiger partial charge is 0.379 e. The lowest BCUT2D eigenvalue weighted by Crippen LogP contribution is -2.35. The molecule has 2 aromatic rings. The lowest BCUT2D eigenvalue weighted by molar-refractivity contribution is 0.0342. The standard InChI is InChI=1S/C19H25N5O2.ClH/c1-13-2-3-14(12-24-6-8-26-9-7-24)10-17(13)21-19(25)18-15-11-20-5-4-16(15)22-23-18;/h2-3,10,20H,4-9,11-12H2,1H3,(H,21,25)(H,22,23);1H. The summed E-state index contributed by atoms with van der Waals surface area (Å²) in [6, 6.07) is 6.26. The average molecular weight is 392 g/mol. The smallest absolute Gasteiger partial charge is 0.276 e. The number of ether oxygens (including phenoxy) is 1. The molecule has 0 radical (unpaired) electrons. The SMILES string of the molecule is Cc1ccc(CN2CCOCC2)cc1NC(=O)c1n[nH]c2c1CNCC2.Cl. The number of hydrogen-bond acceptors (Lipinski definition) is 5. The van der Waals surface area contributed by atoms with Crippen LogP contribution in [0.1, 0.15) is 32.9 Å². The van der Waals surface area contributed by atoms with Crippen LogP contribution >= 0.6 is 12.4 Å². The van der Waals surface area contributed by atoms with Crippen LogP contribution in [-0.2, 0) is 24.2 Å². The Morgan fingerprint density at radius 2 is 2.15 bits per heavy atom. The van der Waals surface area contributed by atoms with E-state index in [0.717, 1.165) is 68.3 Å². The van der Waals surface area contributed by atoms with Crippen molar-refractivity contribution in [3.63, 3.8) is 0 Å². The molecule has 0 atom stereocenters. The molecule has 1 fully saturated rings. The van der Waals surface area contributed by atoms with Crippen LogP contribution in [0.4, 0.5) is 5.69 Å². The number of H-pyrrole nitrogens is 1. The number of aromatic nitrogens is 2. The van der Waals surface area contributed by atoms with Gasteiger partial charge >= 0.3 is 0 Å². The highest BCUT2D eigenvalue weighted by molar-refractivity contribution is 6.04. The van der Waals surface area contributed by atoms with Crippen molar-refractivity contribution >= 4 is 24.0 Å². The van der Waals surface area contributed by atoms with Gasteiger partial charge in [-0.15, -0.1) is 12.4 Å². The van der Waals surface area contributed by atoms with Gasteiger partial charge in [-0.25, -0.2) is 0 Å². The zero-order chi connectivity index (χ0) is 17.9. The topological polar surface area (TPSA) is 82.3 Å². The van der Waals surface area contributed by atoms with Crippen LogP contribution < -0.4 is 10.6 Å². The van der Waals surface area contributed by atoms with Gasteiger partial charge in [-0.2, -0.15) is 5.10 Å². The monoisotopic (exact) mass is 391 g/mol. The maximum atomic E-state index is 12.8. The van der Waals surface area contributed by atoms with Gasteiger partial charge in [0.15, 0.2) is 5.69 Å². The molecule has 1 aromatic heterocycles. The van der Waals surface area contributed by atoms with Crippen molar-refractivity contribution in [3.05, 3.63) is 46.3 Å². The van der Waals surface area contributed by atoms with Gasteiger partial charge in [-0.05, 0) is 24.1 Å². The molecule has 3 N–H and O–H groups in total. The van der Waals surface area contributed by atoms with Crippen molar-refractivity contribution in [2.24, 2.45) is 0 Å². The minimum atomic E-state index is -0.155. The molecule has 1 saturated heterocycles. The predicted molar refractivity (Wildman–Crippen MR) is 106 cm³/mol. The highest BCUT2D eigenvalue weighted by Gasteiger charge is 2.22. The second-order valence-electron chi connectivity index (χ2n) is 6.95. The van der Waals surface area contributed by atoms with Gasteiger partial charge in [0.2, 0.25) is 0 Å². The number of benzene rings is 1. The van der Waals surface area contributed by atoms with Gasteiger partial charge in [-0.1, -0.05) is 12.1 Å². The van der Waals surface area contributed by atoms with Crippen LogP contribution in [0, 0.1) is 6.92 Å². The van der Waals surface area contributed by atoms with E-state index in [2.05, 4.69) is 43.9 Å². The Hall–Kier alpha value is -1.93. The third-order valence-corrected chi connectivity index (χ3v) is 5.08. The molecule has 0 unspecified atom stereocenters. The number of nitrogens with one attached hydrogen (secondary N) is 3. The summed E-state index contributed by atoms with van der Waals surface area (Å²) in [6.07, 6.45) is 0.879. The van der Waals surface area contributed by atoms with E-state index in [1.165, 1.54) is 5.56 Å². The lowest BCUT2D eigenvalue weighted by Gasteiger charge is -2.26. The highest BCUT2D eigenvalue weighted by Crippen LogP contribution is 2.21. The molecular weight excluding hydrogens is 366 g/mol. The number of hydrogen-bond donors (Lipinski definition) is 3. The minimum absolute atomic E-state index is 0. The molecule has 3 heterocycles. The minimum Gasteiger partial charge on any atom is -0.379 e. The number of halogens is 1. The number of carbonyl (C=O) groups excluding carboxylic acids is 1. The quantitative estimate of drug-likeness (QED) is 0.741. The zero-order valence-corrected chi connectivity index (χ0v) is 16.3. The summed E-state index contributed by atoms with van der Waals surface area (Å²) in [5, 5.41) is 13.6. The van der Waals surface area contributed by atoms with Crippen molar-refractivity contribution in [1.82, 2.24) is 20.4 Å². The molecule has 0 saturated carbocycles. The zero-order valence-electron chi connectivity index (χ0n) is 15.5. The van der Waals surface area contributed by atoms with Crippen LogP contribution in [0.2, 0.25) is 0 Å². The molecule has 7 nitrogen and oxygen atoms in total. The van der Waals surface area contributed by atoms with E-state index in [4.69, 9.17) is 4.74 Å². The van der Waals surface area contributed by atoms with E-state index in [9.17, 15) is 4.79 Å². The molecule has 0 aliphatic carbocycles. The van der Waals surface area contributed by atoms with Gasteiger partial charge in [0.05, 0.1) is 13.2 Å². The van der Waals surface area contributed by atoms with Gasteiger partial charge < -0.3 is 15.4 Å². The van der Waals surface area contributed by atoms with Crippen LogP contribution in [-0.4, -0.2) is 53.9 Å². The highest BCUT2D eigenvalue weighted by atomic mass is 35.5. The number of carbonyl (C=O) groups is 1. The predicted octanol–water partition coefficient (Wildman–Crippen LogP) is 1.87. The van der Waals surface area contributed by atoms with Crippen molar-refractivity contribution in [2.75, 3.05) is 38.2 Å². The number of rotatable bonds is 4. The number of aromatic amines is 1. The molecular formula is C19H26ClN5O2. The molecule has 0 bridgehead atoms. The Morgan fingerprint density at radius 1 is 1.33 bits per heavy atom. The fourth-order valence-electron chi connectivity index (χ4n) is 3.51. The Bertz CT molecular complexity index is 801. The summed E-state index contributed by atoms with van der Waals surface area (Å²) in [5.74, 6) is -0.155. The van der Waals surface area contributed by atoms with Gasteiger partial charge in [0, 0.05) is 56.1 Å². The lowest BCUT2D eigenvalue weighted by atomic mass is 10.1. The van der Waals surface area contributed by atoms with E-state index < -0.39 is 0 Å². The fraction of sp³-hybridized carbons (Fsp3) is 0.474. The van der Waals surface area contributed by atoms with E-state index in [1.807, 2.05) is 6.92 Å². The molecule has 0 spiro atoms. The Morgan fingerprint density at radius 3 is 2.96 bits per heavy atom. The summed E-state index contributed by atoms with van der Waals surface area (Å²) in [6.45, 7) is 7.94. The summed E-state index contributed by atoms with van der Waals surface area (Å²) in [7, 11) is 0. The molecule has 27 heavy (non-hydrogen) atoms. The van der Waals surface area contributed by atoms with E-state index >= 15 is 0 Å². The molecule has 1 amide bonds. The number of morpholine rings is 1. The maximum Gasteiger partial charge on any atom is 0.276 e. The van der Waals surface area contributed by atoms with Gasteiger partial charge in [0.1, 0.15) is 0 Å². The van der Waals surface area contributed by atoms with Gasteiger partial charge in [0.25, 0.3) is 5.91 Å². The Labute approximate surface area is 165 Å². The first-order valence-corrected chi connectivity index (χ1v) is 9.18. The number of amides is 1. The van der Waals surface area contributed by atoms with E-state index in [1.54, 1.807) is 0 Å². The van der Waals surface area contributed by atoms with Crippen LogP contribution in [0.3, 0.4) is 0 Å². The average Bonchev–Trinajstić information content (AvgIpc) is 3.09. The number of fused-ring (bicyclic) bond motifs is 1. The fourth-order valence-corrected chi connectivity index (χ4v) is 3.51. The van der Waals surface area contributed by atoms with E-state index in [0.29, 0.717) is 12.2 Å². The van der Waals surface area contributed by atoms with Crippen molar-refractivity contribution < 1.29 is 9.53 Å². The van der Waals surface area contributed by atoms with Crippen molar-refractivity contribution in [1.29, 1.82) is 0 Å². The van der Waals surface area contributed by atoms with Crippen molar-refractivity contribution in [2.45, 2.75) is 26.4 Å². The Kier molecular flexibility index (Phi) is 6.49. The maximum absolute atomic E-state index is 12.8. The third kappa shape index (κ3) is 4.50. The van der Waals surface area contributed by atoms with Crippen molar-refractivity contribution in [3.8, 4) is 0 Å². The molecule has 2 aliphatic heterocycles. The second kappa shape index (κ2) is 8.84. The Balaban J connectivity index is 0.00000210. The molecule has 146 valence electrons. The summed E-state index contributed by atoms with van der Waals surface area (Å²) < 4.78 is 5.41. The van der Waals surface area contributed by atoms with Crippen LogP contribution in [0.25, 0.3) is 0 Å². The molecule has 8 heteroatoms. The normalized spacial score (nSPS) is 17.1. The first-order chi connectivity index (χ1) is 12.7. The summed E-state index contributed by atoms with van der Waals surface area (Å²) >= 11 is 0. The summed E-state index contributed by atoms with van der Waals surface area (Å²) in [5.41, 5.74) is 5.62. The summed E-state index contributed by atoms with van der Waals surface area (Å²) in [4.78, 5) is 15.1. The first kappa shape index (κ1) is 19.8. The molecule has 2 aliphatic rings. The second-order valence-corrected chi connectivity index (χ2v) is 6.95. The molecule has 1 aromatic carbocycles. The number of anilines is 1.